The number of halogens is 1. The highest BCUT2D eigenvalue weighted by molar-refractivity contribution is 6.33. The van der Waals surface area contributed by atoms with Crippen LogP contribution in [0.2, 0.25) is 5.15 Å². The van der Waals surface area contributed by atoms with Gasteiger partial charge in [-0.3, -0.25) is 4.79 Å². The molecule has 132 valence electrons. The van der Waals surface area contributed by atoms with Gasteiger partial charge in [-0.25, -0.2) is 4.98 Å². The Morgan fingerprint density at radius 3 is 2.92 bits per heavy atom. The Bertz CT molecular complexity index is 953. The van der Waals surface area contributed by atoms with Gasteiger partial charge >= 0.3 is 0 Å². The van der Waals surface area contributed by atoms with Crippen molar-refractivity contribution in [2.24, 2.45) is 0 Å². The smallest absolute Gasteiger partial charge is 0.258 e. The molecule has 3 heterocycles. The van der Waals surface area contributed by atoms with Crippen LogP contribution in [0.4, 0.5) is 5.69 Å². The molecule has 3 aromatic rings. The molecule has 0 fully saturated rings. The molecule has 0 saturated heterocycles. The second-order valence-electron chi connectivity index (χ2n) is 6.28. The fraction of sp³-hybridized carbons (Fsp3) is 0.263. The molecule has 26 heavy (non-hydrogen) atoms. The number of nitrogens with zero attached hydrogens (tertiary/aromatic N) is 4. The van der Waals surface area contributed by atoms with Crippen LogP contribution in [0.3, 0.4) is 0 Å². The lowest BCUT2D eigenvalue weighted by molar-refractivity contribution is 0.102. The van der Waals surface area contributed by atoms with Gasteiger partial charge in [0, 0.05) is 30.4 Å². The van der Waals surface area contributed by atoms with Gasteiger partial charge in [0.25, 0.3) is 5.91 Å². The highest BCUT2D eigenvalue weighted by Crippen LogP contribution is 2.25. The van der Waals surface area contributed by atoms with E-state index in [1.165, 1.54) is 6.42 Å². The number of nitrogens with one attached hydrogen (secondary N) is 1. The third kappa shape index (κ3) is 3.32. The van der Waals surface area contributed by atoms with Gasteiger partial charge in [0.15, 0.2) is 5.82 Å². The SMILES string of the molecule is O=C(Nc1cccc(-c2nnc3n2CCCCC3)c1)c1cccnc1Cl. The number of amides is 1. The molecule has 6 nitrogen and oxygen atoms in total. The highest BCUT2D eigenvalue weighted by Gasteiger charge is 2.17. The first kappa shape index (κ1) is 16.7. The Labute approximate surface area is 156 Å². The third-order valence-corrected chi connectivity index (χ3v) is 4.79. The van der Waals surface area contributed by atoms with Gasteiger partial charge in [-0.05, 0) is 37.1 Å². The predicted molar refractivity (Wildman–Crippen MR) is 100 cm³/mol. The summed E-state index contributed by atoms with van der Waals surface area (Å²) in [5, 5.41) is 11.8. The molecule has 0 atom stereocenters. The van der Waals surface area contributed by atoms with Crippen molar-refractivity contribution in [3.63, 3.8) is 0 Å². The lowest BCUT2D eigenvalue weighted by Crippen LogP contribution is -2.13. The molecule has 1 aliphatic heterocycles. The summed E-state index contributed by atoms with van der Waals surface area (Å²) in [4.78, 5) is 16.4. The monoisotopic (exact) mass is 367 g/mol. The van der Waals surface area contributed by atoms with Crippen molar-refractivity contribution in [3.05, 3.63) is 59.1 Å². The number of anilines is 1. The minimum atomic E-state index is -0.291. The van der Waals surface area contributed by atoms with Crippen molar-refractivity contribution in [1.82, 2.24) is 19.7 Å². The maximum absolute atomic E-state index is 12.4. The minimum Gasteiger partial charge on any atom is -0.322 e. The van der Waals surface area contributed by atoms with Crippen molar-refractivity contribution in [1.29, 1.82) is 0 Å². The second kappa shape index (κ2) is 7.25. The highest BCUT2D eigenvalue weighted by atomic mass is 35.5. The van der Waals surface area contributed by atoms with Crippen molar-refractivity contribution in [3.8, 4) is 11.4 Å². The van der Waals surface area contributed by atoms with E-state index in [1.54, 1.807) is 18.3 Å². The first-order chi connectivity index (χ1) is 12.7. The largest absolute Gasteiger partial charge is 0.322 e. The summed E-state index contributed by atoms with van der Waals surface area (Å²) in [5.74, 6) is 1.59. The van der Waals surface area contributed by atoms with Crippen molar-refractivity contribution >= 4 is 23.2 Å². The molecule has 4 rings (SSSR count). The summed E-state index contributed by atoms with van der Waals surface area (Å²) in [6.07, 6.45) is 6.01. The minimum absolute atomic E-state index is 0.184. The van der Waals surface area contributed by atoms with E-state index < -0.39 is 0 Å². The van der Waals surface area contributed by atoms with Crippen LogP contribution in [0.15, 0.2) is 42.6 Å². The molecular formula is C19H18ClN5O. The van der Waals surface area contributed by atoms with E-state index in [9.17, 15) is 4.79 Å². The van der Waals surface area contributed by atoms with Crippen LogP contribution in [0.1, 0.15) is 35.4 Å². The van der Waals surface area contributed by atoms with Crippen LogP contribution in [-0.2, 0) is 13.0 Å². The fourth-order valence-corrected chi connectivity index (χ4v) is 3.39. The molecule has 1 amide bonds. The maximum Gasteiger partial charge on any atom is 0.258 e. The molecule has 2 aromatic heterocycles. The van der Waals surface area contributed by atoms with Gasteiger partial charge in [-0.1, -0.05) is 30.2 Å². The van der Waals surface area contributed by atoms with Crippen molar-refractivity contribution in [2.75, 3.05) is 5.32 Å². The molecular weight excluding hydrogens is 350 g/mol. The van der Waals surface area contributed by atoms with Crippen LogP contribution in [0.5, 0.6) is 0 Å². The van der Waals surface area contributed by atoms with Crippen molar-refractivity contribution < 1.29 is 4.79 Å². The molecule has 0 unspecified atom stereocenters. The molecule has 1 N–H and O–H groups in total. The lowest BCUT2D eigenvalue weighted by Gasteiger charge is -2.10. The van der Waals surface area contributed by atoms with Crippen LogP contribution >= 0.6 is 11.6 Å². The number of aromatic nitrogens is 4. The standard InChI is InChI=1S/C19H18ClN5O/c20-17-15(8-5-10-21-17)19(26)22-14-7-4-6-13(12-14)18-24-23-16-9-2-1-3-11-25(16)18/h4-8,10,12H,1-3,9,11H2,(H,22,26). The summed E-state index contributed by atoms with van der Waals surface area (Å²) >= 11 is 6.00. The normalized spacial score (nSPS) is 13.7. The number of aryl methyl sites for hydroxylation is 1. The van der Waals surface area contributed by atoms with Crippen molar-refractivity contribution in [2.45, 2.75) is 32.2 Å². The Hall–Kier alpha value is -2.73. The molecule has 1 aliphatic rings. The lowest BCUT2D eigenvalue weighted by atomic mass is 10.1. The van der Waals surface area contributed by atoms with E-state index in [1.807, 2.05) is 24.3 Å². The number of carbonyl (C=O) groups is 1. The van der Waals surface area contributed by atoms with Gasteiger partial charge < -0.3 is 9.88 Å². The number of rotatable bonds is 3. The number of fused-ring (bicyclic) bond motifs is 1. The van der Waals surface area contributed by atoms with Crippen LogP contribution in [0, 0.1) is 0 Å². The van der Waals surface area contributed by atoms with Gasteiger partial charge in [-0.2, -0.15) is 0 Å². The zero-order chi connectivity index (χ0) is 17.9. The zero-order valence-electron chi connectivity index (χ0n) is 14.2. The summed E-state index contributed by atoms with van der Waals surface area (Å²) < 4.78 is 2.19. The van der Waals surface area contributed by atoms with E-state index in [0.717, 1.165) is 43.0 Å². The average Bonchev–Trinajstić information content (AvgIpc) is 2.91. The zero-order valence-corrected chi connectivity index (χ0v) is 14.9. The maximum atomic E-state index is 12.4. The van der Waals surface area contributed by atoms with Gasteiger partial charge in [0.2, 0.25) is 0 Å². The molecule has 7 heteroatoms. The van der Waals surface area contributed by atoms with E-state index in [4.69, 9.17) is 11.6 Å². The average molecular weight is 368 g/mol. The fourth-order valence-electron chi connectivity index (χ4n) is 3.19. The molecule has 0 bridgehead atoms. The van der Waals surface area contributed by atoms with Gasteiger partial charge in [-0.15, -0.1) is 10.2 Å². The van der Waals surface area contributed by atoms with E-state index in [-0.39, 0.29) is 11.1 Å². The van der Waals surface area contributed by atoms with Gasteiger partial charge in [0.1, 0.15) is 11.0 Å². The Morgan fingerprint density at radius 2 is 2.04 bits per heavy atom. The number of pyridine rings is 1. The first-order valence-electron chi connectivity index (χ1n) is 8.67. The van der Waals surface area contributed by atoms with E-state index >= 15 is 0 Å². The molecule has 0 spiro atoms. The third-order valence-electron chi connectivity index (χ3n) is 4.49. The van der Waals surface area contributed by atoms with Gasteiger partial charge in [0.05, 0.1) is 5.56 Å². The predicted octanol–water partition coefficient (Wildman–Crippen LogP) is 3.97. The Balaban J connectivity index is 1.61. The van der Waals surface area contributed by atoms with Crippen LogP contribution < -0.4 is 5.32 Å². The molecule has 0 saturated carbocycles. The number of carbonyl (C=O) groups excluding carboxylic acids is 1. The number of hydrogen-bond donors (Lipinski definition) is 1. The Morgan fingerprint density at radius 1 is 1.12 bits per heavy atom. The number of hydrogen-bond acceptors (Lipinski definition) is 4. The topological polar surface area (TPSA) is 72.7 Å². The van der Waals surface area contributed by atoms with E-state index in [0.29, 0.717) is 11.3 Å². The summed E-state index contributed by atoms with van der Waals surface area (Å²) in [6.45, 7) is 0.930. The molecule has 0 aliphatic carbocycles. The summed E-state index contributed by atoms with van der Waals surface area (Å²) in [6, 6.07) is 11.0. The first-order valence-corrected chi connectivity index (χ1v) is 9.04. The molecule has 0 radical (unpaired) electrons. The molecule has 1 aromatic carbocycles. The quantitative estimate of drug-likeness (QED) is 0.711. The van der Waals surface area contributed by atoms with Crippen LogP contribution in [0.25, 0.3) is 11.4 Å². The summed E-state index contributed by atoms with van der Waals surface area (Å²) in [5.41, 5.74) is 1.95. The summed E-state index contributed by atoms with van der Waals surface area (Å²) in [7, 11) is 0. The van der Waals surface area contributed by atoms with E-state index in [2.05, 4.69) is 25.1 Å². The van der Waals surface area contributed by atoms with Crippen LogP contribution in [-0.4, -0.2) is 25.7 Å². The Kier molecular flexibility index (Phi) is 4.67. The second-order valence-corrected chi connectivity index (χ2v) is 6.64. The number of benzene rings is 1.